The molecule has 0 amide bonds. The highest BCUT2D eigenvalue weighted by Crippen LogP contribution is 1.91. The first-order valence-corrected chi connectivity index (χ1v) is 47.2. The van der Waals surface area contributed by atoms with Crippen LogP contribution >= 0.6 is 45.7 Å². The highest BCUT2D eigenvalue weighted by molar-refractivity contribution is 7.07. The Labute approximate surface area is 715 Å². The van der Waals surface area contributed by atoms with Crippen LogP contribution in [0.25, 0.3) is 0 Å². The van der Waals surface area contributed by atoms with Gasteiger partial charge in [-0.05, 0) is 64.2 Å². The van der Waals surface area contributed by atoms with Crippen LogP contribution in [0.3, 0.4) is 0 Å². The summed E-state index contributed by atoms with van der Waals surface area (Å²) in [6.07, 6.45) is 27.2. The molecular formula is C90H213N13O3S4. The predicted octanol–water partition coefficient (Wildman–Crippen LogP) is 38.6. The van der Waals surface area contributed by atoms with Crippen LogP contribution in [0.1, 0.15) is 415 Å². The lowest BCUT2D eigenvalue weighted by Crippen LogP contribution is -1.53. The number of nitrogens with zero attached hydrogens (tertiary/aromatic N) is 10. The Balaban J connectivity index is -0.0000000215. The number of imidazole rings is 1. The van der Waals surface area contributed by atoms with Crippen molar-refractivity contribution in [1.82, 2.24) is 64.0 Å². The third-order valence-electron chi connectivity index (χ3n) is 3.69. The van der Waals surface area contributed by atoms with Crippen molar-refractivity contribution in [2.24, 2.45) is 0 Å². The fourth-order valence-corrected chi connectivity index (χ4v) is 3.34. The maximum Gasteiger partial charge on any atom is 0.213 e. The third kappa shape index (κ3) is 539. The molecular weight excluding hydrogens is 1440 g/mol. The van der Waals surface area contributed by atoms with Crippen LogP contribution in [0.4, 0.5) is 0 Å². The van der Waals surface area contributed by atoms with Crippen LogP contribution in [0.5, 0.6) is 0 Å². The van der Waals surface area contributed by atoms with E-state index in [9.17, 15) is 0 Å². The molecule has 110 heavy (non-hydrogen) atoms. The molecule has 0 unspecified atom stereocenters. The largest absolute Gasteiger partial charge is 0.473 e. The number of thiazole rings is 1. The van der Waals surface area contributed by atoms with Crippen LogP contribution in [0.2, 0.25) is 0 Å². The number of oxazole rings is 1. The topological polar surface area (TPSA) is 216 Å². The van der Waals surface area contributed by atoms with Gasteiger partial charge in [0.05, 0.1) is 30.6 Å². The molecule has 680 valence electrons. The second-order valence-electron chi connectivity index (χ2n) is 7.09. The van der Waals surface area contributed by atoms with Crippen molar-refractivity contribution in [1.29, 1.82) is 0 Å². The second kappa shape index (κ2) is 555. The average molecular weight is 1650 g/mol. The summed E-state index contributed by atoms with van der Waals surface area (Å²) in [6.45, 7) is 120. The van der Waals surface area contributed by atoms with E-state index in [0.717, 1.165) is 0 Å². The van der Waals surface area contributed by atoms with E-state index in [0.29, 0.717) is 0 Å². The minimum absolute atomic E-state index is 1.26. The summed E-state index contributed by atoms with van der Waals surface area (Å²) in [5.74, 6) is 0. The lowest BCUT2D eigenvalue weighted by Gasteiger charge is -1.50. The molecule has 0 fully saturated rings. The minimum atomic E-state index is 1.26. The summed E-state index contributed by atoms with van der Waals surface area (Å²) in [5.41, 5.74) is 3.47. The monoisotopic (exact) mass is 1650 g/mol. The van der Waals surface area contributed by atoms with E-state index in [4.69, 9.17) is 0 Å². The molecule has 0 aromatic carbocycles. The molecule has 20 heteroatoms. The number of hydrogen-bond donors (Lipinski definition) is 3. The van der Waals surface area contributed by atoms with Gasteiger partial charge in [-0.25, -0.2) is 29.3 Å². The molecule has 0 radical (unpaired) electrons. The number of aromatic amines is 3. The normalized spacial score (nSPS) is 5.27. The summed E-state index contributed by atoms with van der Waals surface area (Å²) in [6, 6.07) is 13.5. The van der Waals surface area contributed by atoms with Gasteiger partial charge in [-0.2, -0.15) is 20.8 Å². The number of H-pyrrole nitrogens is 3. The molecule has 0 aliphatic carbocycles. The fourth-order valence-electron chi connectivity index (χ4n) is 1.91. The Hall–Kier alpha value is -6.22. The first-order valence-electron chi connectivity index (χ1n) is 43.6. The van der Waals surface area contributed by atoms with Crippen molar-refractivity contribution in [2.45, 2.75) is 415 Å². The van der Waals surface area contributed by atoms with Gasteiger partial charge in [-0.1, -0.05) is 433 Å². The fraction of sp³-hybridized carbons (Fsp3) is 0.667. The Morgan fingerprint density at radius 3 is 0.727 bits per heavy atom. The van der Waals surface area contributed by atoms with Gasteiger partial charge < -0.3 is 23.3 Å². The van der Waals surface area contributed by atoms with Crippen molar-refractivity contribution in [3.8, 4) is 0 Å². The molecule has 0 saturated carbocycles. The van der Waals surface area contributed by atoms with E-state index in [1.807, 2.05) is 492 Å². The van der Waals surface area contributed by atoms with Gasteiger partial charge >= 0.3 is 0 Å². The van der Waals surface area contributed by atoms with Gasteiger partial charge in [0.15, 0.2) is 12.7 Å². The molecule has 0 bridgehead atoms. The van der Waals surface area contributed by atoms with Gasteiger partial charge in [-0.15, -0.1) is 11.3 Å². The molecule has 10 aromatic heterocycles. The Bertz CT molecular complexity index is 1100. The van der Waals surface area contributed by atoms with Crippen LogP contribution < -0.4 is 0 Å². The zero-order valence-electron chi connectivity index (χ0n) is 86.2. The third-order valence-corrected chi connectivity index (χ3v) is 5.80. The van der Waals surface area contributed by atoms with Crippen LogP contribution in [-0.4, -0.2) is 64.0 Å². The van der Waals surface area contributed by atoms with Gasteiger partial charge in [0.2, 0.25) is 6.39 Å². The molecule has 16 nitrogen and oxygen atoms in total. The van der Waals surface area contributed by atoms with E-state index < -0.39 is 0 Å². The predicted molar refractivity (Wildman–Crippen MR) is 534 cm³/mol. The number of furan rings is 1. The highest BCUT2D eigenvalue weighted by Gasteiger charge is 1.64. The standard InChI is InChI=1S/C4H5N.C4H4O.C4H4S.C3H4N2.C3H3NO.2C3H3NS.C2H3N3.C2H2N2O.C2H2N2S.30C2H6/c3*1-2-4-5-3-1;3*1-2-5-3-4-1;1-2-4-5-3-1;3*1-3-2-5-4-1;30*1-2/h1-5H;2*1-4H;1-3H,(H,4,5);3*1-3H;1-2H,(H,3,4,5);2*1-2H;30*1-2H3. The van der Waals surface area contributed by atoms with Crippen molar-refractivity contribution < 1.29 is 13.4 Å². The second-order valence-corrected chi connectivity index (χ2v) is 9.98. The van der Waals surface area contributed by atoms with E-state index >= 15 is 0 Å². The Morgan fingerprint density at radius 2 is 0.636 bits per heavy atom. The van der Waals surface area contributed by atoms with Gasteiger partial charge in [0, 0.05) is 47.9 Å². The summed E-state index contributed by atoms with van der Waals surface area (Å²) >= 11 is 6.13. The van der Waals surface area contributed by atoms with Crippen molar-refractivity contribution in [3.05, 3.63) is 182 Å². The molecule has 0 aliphatic rings. The summed E-state index contributed by atoms with van der Waals surface area (Å²) in [4.78, 5) is 27.2. The maximum absolute atomic E-state index is 4.58. The SMILES string of the molecule is CC.CC.CC.CC.CC.CC.CC.CC.CC.CC.CC.CC.CC.CC.CC.CC.CC.CC.CC.CC.CC.CC.CC.CC.CC.CC.CC.CC.CC.CC.c1c[nH]cn1.c1cc[nH]c1.c1ccoc1.c1ccsc1.c1cnsc1.c1cocn1.c1cscn1.c1nc[nH]n1.c1ncon1.c1ncsn1. The summed E-state index contributed by atoms with van der Waals surface area (Å²) < 4.78 is 20.7. The lowest BCUT2D eigenvalue weighted by molar-refractivity contribution is 0.416. The van der Waals surface area contributed by atoms with Gasteiger partial charge in [-0.3, -0.25) is 10.1 Å². The van der Waals surface area contributed by atoms with Crippen molar-refractivity contribution >= 4 is 45.7 Å². The van der Waals surface area contributed by atoms with Gasteiger partial charge in [0.1, 0.15) is 30.8 Å². The van der Waals surface area contributed by atoms with Crippen LogP contribution in [0, 0.1) is 0 Å². The molecule has 10 heterocycles. The number of rotatable bonds is 0. The Kier molecular flexibility index (Phi) is 1020. The first kappa shape index (κ1) is 201. The van der Waals surface area contributed by atoms with Gasteiger partial charge in [0.25, 0.3) is 0 Å². The number of thiophene rings is 1. The van der Waals surface area contributed by atoms with E-state index in [1.165, 1.54) is 67.4 Å². The highest BCUT2D eigenvalue weighted by atomic mass is 32.1. The molecule has 0 aliphatic heterocycles. The summed E-state index contributed by atoms with van der Waals surface area (Å²) in [5, 5.41) is 17.2. The van der Waals surface area contributed by atoms with Crippen molar-refractivity contribution in [3.63, 3.8) is 0 Å². The first-order chi connectivity index (χ1) is 55.0. The Morgan fingerprint density at radius 1 is 0.236 bits per heavy atom. The average Bonchev–Trinajstić information content (AvgIpc) is 4.81. The summed E-state index contributed by atoms with van der Waals surface area (Å²) in [7, 11) is 0. The minimum Gasteiger partial charge on any atom is -0.473 e. The number of nitrogens with one attached hydrogen (secondary N) is 3. The number of hydrogen-bond acceptors (Lipinski definition) is 17. The molecule has 10 aromatic rings. The van der Waals surface area contributed by atoms with E-state index in [1.54, 1.807) is 83.5 Å². The molecule has 0 saturated heterocycles. The zero-order chi connectivity index (χ0) is 95.4. The van der Waals surface area contributed by atoms with Crippen LogP contribution in [-0.2, 0) is 0 Å². The lowest BCUT2D eigenvalue weighted by atomic mass is 10.7. The quantitative estimate of drug-likeness (QED) is 0.129. The zero-order valence-corrected chi connectivity index (χ0v) is 89.4. The number of aromatic nitrogens is 13. The van der Waals surface area contributed by atoms with E-state index in [-0.39, 0.29) is 0 Å². The van der Waals surface area contributed by atoms with Crippen LogP contribution in [0.15, 0.2) is 195 Å². The smallest absolute Gasteiger partial charge is 0.213 e. The maximum atomic E-state index is 4.58. The molecule has 0 atom stereocenters. The molecule has 0 spiro atoms. The molecule has 3 N–H and O–H groups in total. The van der Waals surface area contributed by atoms with Crippen molar-refractivity contribution in [2.75, 3.05) is 0 Å². The molecule has 10 rings (SSSR count). The van der Waals surface area contributed by atoms with E-state index in [2.05, 4.69) is 77.3 Å².